The van der Waals surface area contributed by atoms with Gasteiger partial charge in [0.15, 0.2) is 0 Å². The van der Waals surface area contributed by atoms with E-state index in [1.54, 1.807) is 12.2 Å². The first kappa shape index (κ1) is 20.5. The summed E-state index contributed by atoms with van der Waals surface area (Å²) in [6.45, 7) is 13.6. The normalized spacial score (nSPS) is 9.47. The Morgan fingerprint density at radius 3 is 2.07 bits per heavy atom. The molecule has 0 atom stereocenters. The van der Waals surface area contributed by atoms with Gasteiger partial charge in [-0.05, 0) is 5.92 Å². The third-order valence-corrected chi connectivity index (χ3v) is 1.11. The summed E-state index contributed by atoms with van der Waals surface area (Å²) in [7, 11) is 0. The number of hydrogen-bond acceptors (Lipinski definition) is 1. The molecule has 0 aliphatic carbocycles. The standard InChI is InChI=1S/C9H11O.C4H10.Ho/c1-3-6-9(4-2)7-5-8-10;1-4(2)3;/h3-4,6H,1-2,5,7H2;4H,1-3H3;/q-1;;/b9-6+;;. The molecule has 0 amide bonds. The van der Waals surface area contributed by atoms with Gasteiger partial charge in [0.1, 0.15) is 0 Å². The van der Waals surface area contributed by atoms with Crippen LogP contribution in [0.4, 0.5) is 0 Å². The minimum absolute atomic E-state index is 0. The molecule has 0 saturated heterocycles. The van der Waals surface area contributed by atoms with Crippen LogP contribution in [0.1, 0.15) is 33.6 Å². The van der Waals surface area contributed by atoms with Gasteiger partial charge in [-0.25, -0.2) is 0 Å². The SMILES string of the molecule is C=C/C=C(\C=C)CC[C-]=O.CC(C)C.[Ho]. The van der Waals surface area contributed by atoms with Gasteiger partial charge in [-0.3, -0.25) is 6.29 Å². The van der Waals surface area contributed by atoms with E-state index >= 15 is 0 Å². The van der Waals surface area contributed by atoms with Gasteiger partial charge in [0, 0.05) is 37.7 Å². The molecule has 0 heterocycles. The number of allylic oxidation sites excluding steroid dienone is 4. The van der Waals surface area contributed by atoms with E-state index in [1.807, 2.05) is 12.4 Å². The Bertz CT molecular complexity index is 190. The van der Waals surface area contributed by atoms with E-state index in [4.69, 9.17) is 0 Å². The zero-order chi connectivity index (χ0) is 11.4. The number of carbonyl (C=O) groups excluding carboxylic acids is 1. The summed E-state index contributed by atoms with van der Waals surface area (Å²) in [5.41, 5.74) is 1.03. The zero-order valence-corrected chi connectivity index (χ0v) is 11.8. The fourth-order valence-electron chi connectivity index (χ4n) is 0.600. The molecular weight excluding hydrogens is 337 g/mol. The molecule has 0 N–H and O–H groups in total. The van der Waals surface area contributed by atoms with E-state index in [1.165, 1.54) is 0 Å². The fourth-order valence-corrected chi connectivity index (χ4v) is 0.600. The van der Waals surface area contributed by atoms with Gasteiger partial charge >= 0.3 is 0 Å². The van der Waals surface area contributed by atoms with Gasteiger partial charge in [0.05, 0.1) is 0 Å². The maximum Gasteiger partial charge on any atom is 0 e. The van der Waals surface area contributed by atoms with Crippen molar-refractivity contribution in [3.8, 4) is 0 Å². The summed E-state index contributed by atoms with van der Waals surface area (Å²) in [5.74, 6) is 0.833. The van der Waals surface area contributed by atoms with Crippen LogP contribution in [0.3, 0.4) is 0 Å². The first-order valence-electron chi connectivity index (χ1n) is 4.87. The Morgan fingerprint density at radius 2 is 1.80 bits per heavy atom. The third kappa shape index (κ3) is 24.9. The number of hydrogen-bond donors (Lipinski definition) is 0. The van der Waals surface area contributed by atoms with Crippen molar-refractivity contribution < 1.29 is 42.5 Å². The first-order chi connectivity index (χ1) is 6.58. The van der Waals surface area contributed by atoms with Crippen molar-refractivity contribution in [1.29, 1.82) is 0 Å². The van der Waals surface area contributed by atoms with E-state index in [0.717, 1.165) is 11.5 Å². The molecule has 15 heavy (non-hydrogen) atoms. The maximum absolute atomic E-state index is 9.82. The molecule has 91 valence electrons. The van der Waals surface area contributed by atoms with Gasteiger partial charge in [0.2, 0.25) is 0 Å². The predicted octanol–water partition coefficient (Wildman–Crippen LogP) is 3.84. The second-order valence-corrected chi connectivity index (χ2v) is 3.56. The van der Waals surface area contributed by atoms with Crippen LogP contribution in [0.2, 0.25) is 0 Å². The average molecular weight is 358 g/mol. The zero-order valence-electron chi connectivity index (χ0n) is 9.85. The maximum atomic E-state index is 9.82. The number of rotatable bonds is 5. The van der Waals surface area contributed by atoms with Crippen molar-refractivity contribution in [3.05, 3.63) is 37.0 Å². The van der Waals surface area contributed by atoms with Crippen LogP contribution in [-0.2, 0) is 4.79 Å². The molecule has 0 aromatic rings. The molecule has 0 spiro atoms. The molecule has 0 fully saturated rings. The quantitative estimate of drug-likeness (QED) is 0.415. The van der Waals surface area contributed by atoms with E-state index in [2.05, 4.69) is 33.9 Å². The van der Waals surface area contributed by atoms with Gasteiger partial charge < -0.3 is 4.79 Å². The van der Waals surface area contributed by atoms with Crippen molar-refractivity contribution in [2.45, 2.75) is 33.6 Å². The molecule has 0 aliphatic rings. The van der Waals surface area contributed by atoms with Crippen molar-refractivity contribution in [1.82, 2.24) is 0 Å². The molecule has 2 heteroatoms. The van der Waals surface area contributed by atoms with E-state index < -0.39 is 0 Å². The Kier molecular flexibility index (Phi) is 22.7. The second kappa shape index (κ2) is 16.6. The van der Waals surface area contributed by atoms with Crippen LogP contribution in [0.25, 0.3) is 0 Å². The Morgan fingerprint density at radius 1 is 1.33 bits per heavy atom. The van der Waals surface area contributed by atoms with E-state index in [9.17, 15) is 4.79 Å². The Hall–Kier alpha value is 0.150. The third-order valence-electron chi connectivity index (χ3n) is 1.11. The Labute approximate surface area is 124 Å². The largest absolute Gasteiger partial charge is 0.542 e. The van der Waals surface area contributed by atoms with Gasteiger partial charge in [-0.2, -0.15) is 0 Å². The summed E-state index contributed by atoms with van der Waals surface area (Å²) in [6, 6.07) is 0. The van der Waals surface area contributed by atoms with E-state index in [0.29, 0.717) is 12.8 Å². The monoisotopic (exact) mass is 358 g/mol. The van der Waals surface area contributed by atoms with Crippen LogP contribution in [0.15, 0.2) is 37.0 Å². The smallest absolute Gasteiger partial charge is 0 e. The minimum Gasteiger partial charge on any atom is -0.542 e. The molecule has 0 rings (SSSR count). The van der Waals surface area contributed by atoms with Crippen molar-refractivity contribution in [3.63, 3.8) is 0 Å². The molecule has 0 aromatic carbocycles. The summed E-state index contributed by atoms with van der Waals surface area (Å²) in [4.78, 5) is 9.82. The predicted molar refractivity (Wildman–Crippen MR) is 63.9 cm³/mol. The molecule has 1 radical (unpaired) electrons. The van der Waals surface area contributed by atoms with Gasteiger partial charge in [-0.15, -0.1) is 6.42 Å². The van der Waals surface area contributed by atoms with E-state index in [-0.39, 0.29) is 37.7 Å². The summed E-state index contributed by atoms with van der Waals surface area (Å²) < 4.78 is 0. The summed E-state index contributed by atoms with van der Waals surface area (Å²) in [5, 5.41) is 0. The van der Waals surface area contributed by atoms with Crippen molar-refractivity contribution in [2.24, 2.45) is 5.92 Å². The van der Waals surface area contributed by atoms with Crippen LogP contribution in [0.5, 0.6) is 0 Å². The molecular formula is C13H21HoO-. The van der Waals surface area contributed by atoms with Crippen LogP contribution < -0.4 is 0 Å². The van der Waals surface area contributed by atoms with Crippen molar-refractivity contribution in [2.75, 3.05) is 0 Å². The second-order valence-electron chi connectivity index (χ2n) is 3.56. The Balaban J connectivity index is -0.000000249. The first-order valence-corrected chi connectivity index (χ1v) is 4.87. The molecule has 1 nitrogen and oxygen atoms in total. The molecule has 0 aromatic heterocycles. The molecule has 0 aliphatic heterocycles. The molecule has 0 unspecified atom stereocenters. The van der Waals surface area contributed by atoms with Gasteiger partial charge in [-0.1, -0.05) is 64.2 Å². The van der Waals surface area contributed by atoms with Crippen LogP contribution >= 0.6 is 0 Å². The van der Waals surface area contributed by atoms with Crippen LogP contribution in [-0.4, -0.2) is 6.29 Å². The average Bonchev–Trinajstić information content (AvgIpc) is 2.11. The summed E-state index contributed by atoms with van der Waals surface area (Å²) >= 11 is 0. The molecule has 0 saturated carbocycles. The van der Waals surface area contributed by atoms with Gasteiger partial charge in [0.25, 0.3) is 0 Å². The summed E-state index contributed by atoms with van der Waals surface area (Å²) in [6.07, 6.45) is 8.20. The fraction of sp³-hybridized carbons (Fsp3) is 0.462. The van der Waals surface area contributed by atoms with Crippen LogP contribution in [0, 0.1) is 43.7 Å². The molecule has 0 bridgehead atoms. The topological polar surface area (TPSA) is 17.1 Å². The van der Waals surface area contributed by atoms with Crippen molar-refractivity contribution >= 4 is 6.29 Å². The minimum atomic E-state index is 0.